The van der Waals surface area contributed by atoms with Crippen LogP contribution in [0.2, 0.25) is 0 Å². The van der Waals surface area contributed by atoms with Crippen molar-refractivity contribution >= 4 is 16.9 Å². The first kappa shape index (κ1) is 14.5. The van der Waals surface area contributed by atoms with Crippen molar-refractivity contribution in [1.82, 2.24) is 14.9 Å². The molecule has 0 fully saturated rings. The summed E-state index contributed by atoms with van der Waals surface area (Å²) in [5.74, 6) is 0.607. The number of carbonyl (C=O) groups excluding carboxylic acids is 1. The number of rotatable bonds is 5. The molecule has 0 bridgehead atoms. The number of para-hydroxylation sites is 2. The highest BCUT2D eigenvalue weighted by molar-refractivity contribution is 5.84. The number of amides is 1. The molecule has 0 aliphatic carbocycles. The minimum Gasteiger partial charge on any atom is -0.368 e. The minimum absolute atomic E-state index is 0.118. The molecule has 2 unspecified atom stereocenters. The van der Waals surface area contributed by atoms with Crippen molar-refractivity contribution in [2.45, 2.75) is 38.8 Å². The van der Waals surface area contributed by atoms with E-state index in [0.717, 1.165) is 16.9 Å². The highest BCUT2D eigenvalue weighted by Crippen LogP contribution is 2.26. The Hall–Kier alpha value is -1.88. The highest BCUT2D eigenvalue weighted by atomic mass is 16.1. The lowest BCUT2D eigenvalue weighted by Gasteiger charge is -2.30. The second-order valence-electron chi connectivity index (χ2n) is 5.52. The molecule has 0 spiro atoms. The Morgan fingerprint density at radius 2 is 2.15 bits per heavy atom. The fraction of sp³-hybridized carbons (Fsp3) is 0.467. The van der Waals surface area contributed by atoms with Crippen molar-refractivity contribution in [3.8, 4) is 0 Å². The Balaban J connectivity index is 2.39. The van der Waals surface area contributed by atoms with E-state index in [1.54, 1.807) is 7.05 Å². The molecule has 0 radical (unpaired) electrons. The van der Waals surface area contributed by atoms with Gasteiger partial charge < -0.3 is 15.6 Å². The maximum Gasteiger partial charge on any atom is 0.237 e. The van der Waals surface area contributed by atoms with Crippen molar-refractivity contribution in [2.24, 2.45) is 5.73 Å². The van der Waals surface area contributed by atoms with E-state index in [2.05, 4.69) is 21.8 Å². The van der Waals surface area contributed by atoms with Crippen LogP contribution in [0.4, 0.5) is 0 Å². The number of hydrogen-bond donors (Lipinski definition) is 2. The van der Waals surface area contributed by atoms with Gasteiger partial charge in [-0.05, 0) is 46.4 Å². The third-order valence-corrected chi connectivity index (χ3v) is 4.01. The molecule has 5 nitrogen and oxygen atoms in total. The average molecular weight is 274 g/mol. The summed E-state index contributed by atoms with van der Waals surface area (Å²) in [6.45, 7) is 5.90. The number of aromatic nitrogens is 2. The Labute approximate surface area is 119 Å². The molecule has 1 amide bonds. The molecule has 2 rings (SSSR count). The molecule has 20 heavy (non-hydrogen) atoms. The van der Waals surface area contributed by atoms with Crippen LogP contribution in [0.3, 0.4) is 0 Å². The normalized spacial score (nSPS) is 16.0. The molecule has 1 aromatic heterocycles. The van der Waals surface area contributed by atoms with Gasteiger partial charge in [0.05, 0.1) is 16.6 Å². The van der Waals surface area contributed by atoms with Crippen LogP contribution in [-0.4, -0.2) is 28.0 Å². The molecular formula is C15H22N4O. The van der Waals surface area contributed by atoms with Gasteiger partial charge in [0.25, 0.3) is 0 Å². The highest BCUT2D eigenvalue weighted by Gasteiger charge is 2.32. The summed E-state index contributed by atoms with van der Waals surface area (Å²) >= 11 is 0. The second-order valence-corrected chi connectivity index (χ2v) is 5.52. The van der Waals surface area contributed by atoms with Crippen LogP contribution in [0.25, 0.3) is 11.0 Å². The first-order valence-electron chi connectivity index (χ1n) is 6.81. The Morgan fingerprint density at radius 3 is 2.75 bits per heavy atom. The molecule has 5 heteroatoms. The second kappa shape index (κ2) is 5.25. The van der Waals surface area contributed by atoms with Crippen LogP contribution in [0.5, 0.6) is 0 Å². The number of fused-ring (bicyclic) bond motifs is 1. The molecule has 0 aliphatic heterocycles. The number of carbonyl (C=O) groups is 1. The quantitative estimate of drug-likeness (QED) is 0.872. The van der Waals surface area contributed by atoms with Crippen LogP contribution >= 0.6 is 0 Å². The van der Waals surface area contributed by atoms with Gasteiger partial charge in [0.1, 0.15) is 5.82 Å². The third-order valence-electron chi connectivity index (χ3n) is 4.01. The van der Waals surface area contributed by atoms with E-state index in [4.69, 9.17) is 5.73 Å². The summed E-state index contributed by atoms with van der Waals surface area (Å²) < 4.78 is 2.16. The van der Waals surface area contributed by atoms with E-state index in [0.29, 0.717) is 6.42 Å². The Morgan fingerprint density at radius 1 is 1.50 bits per heavy atom. The van der Waals surface area contributed by atoms with Gasteiger partial charge >= 0.3 is 0 Å². The van der Waals surface area contributed by atoms with Crippen LogP contribution < -0.4 is 11.1 Å². The number of benzene rings is 1. The van der Waals surface area contributed by atoms with Crippen LogP contribution in [0.15, 0.2) is 24.3 Å². The fourth-order valence-electron chi connectivity index (χ4n) is 2.73. The van der Waals surface area contributed by atoms with Gasteiger partial charge in [0.2, 0.25) is 5.91 Å². The van der Waals surface area contributed by atoms with E-state index in [9.17, 15) is 4.79 Å². The molecule has 2 aromatic rings. The van der Waals surface area contributed by atoms with E-state index in [1.807, 2.05) is 38.1 Å². The molecule has 108 valence electrons. The largest absolute Gasteiger partial charge is 0.368 e. The molecule has 2 atom stereocenters. The van der Waals surface area contributed by atoms with Gasteiger partial charge in [-0.1, -0.05) is 12.1 Å². The van der Waals surface area contributed by atoms with E-state index >= 15 is 0 Å². The van der Waals surface area contributed by atoms with Crippen molar-refractivity contribution in [3.05, 3.63) is 30.1 Å². The zero-order chi connectivity index (χ0) is 14.9. The molecule has 1 aromatic carbocycles. The molecule has 3 N–H and O–H groups in total. The van der Waals surface area contributed by atoms with Crippen molar-refractivity contribution in [1.29, 1.82) is 0 Å². The summed E-state index contributed by atoms with van der Waals surface area (Å²) in [7, 11) is 1.76. The molecular weight excluding hydrogens is 252 g/mol. The predicted molar refractivity (Wildman–Crippen MR) is 80.5 cm³/mol. The van der Waals surface area contributed by atoms with Crippen LogP contribution in [-0.2, 0) is 4.79 Å². The van der Waals surface area contributed by atoms with E-state index < -0.39 is 5.54 Å². The standard InChI is InChI=1S/C15H22N4O/c1-10(9-15(3,17-4)14(16)20)19-11(2)18-12-7-5-6-8-13(12)19/h5-8,10,17H,9H2,1-4H3,(H2,16,20). The van der Waals surface area contributed by atoms with E-state index in [1.165, 1.54) is 0 Å². The number of hydrogen-bond acceptors (Lipinski definition) is 3. The van der Waals surface area contributed by atoms with E-state index in [-0.39, 0.29) is 11.9 Å². The Bertz CT molecular complexity index is 634. The summed E-state index contributed by atoms with van der Waals surface area (Å²) in [5.41, 5.74) is 6.84. The molecule has 0 saturated heterocycles. The smallest absolute Gasteiger partial charge is 0.237 e. The minimum atomic E-state index is -0.725. The summed E-state index contributed by atoms with van der Waals surface area (Å²) in [6.07, 6.45) is 0.611. The van der Waals surface area contributed by atoms with Crippen LogP contribution in [0, 0.1) is 6.92 Å². The maximum absolute atomic E-state index is 11.6. The third kappa shape index (κ3) is 2.41. The number of nitrogens with two attached hydrogens (primary N) is 1. The number of imidazole rings is 1. The summed E-state index contributed by atoms with van der Waals surface area (Å²) in [6, 6.07) is 8.14. The molecule has 0 aliphatic rings. The van der Waals surface area contributed by atoms with Gasteiger partial charge in [0, 0.05) is 6.04 Å². The molecule has 0 saturated carbocycles. The molecule has 1 heterocycles. The zero-order valence-electron chi connectivity index (χ0n) is 12.5. The van der Waals surface area contributed by atoms with Crippen molar-refractivity contribution in [2.75, 3.05) is 7.05 Å². The monoisotopic (exact) mass is 274 g/mol. The first-order chi connectivity index (χ1) is 9.39. The lowest BCUT2D eigenvalue weighted by atomic mass is 9.93. The lowest BCUT2D eigenvalue weighted by molar-refractivity contribution is -0.124. The number of aryl methyl sites for hydroxylation is 1. The number of nitrogens with zero attached hydrogens (tertiary/aromatic N) is 2. The Kier molecular flexibility index (Phi) is 3.81. The van der Waals surface area contributed by atoms with Gasteiger partial charge in [-0.15, -0.1) is 0 Å². The summed E-state index contributed by atoms with van der Waals surface area (Å²) in [5, 5.41) is 3.03. The van der Waals surface area contributed by atoms with Crippen molar-refractivity contribution in [3.63, 3.8) is 0 Å². The van der Waals surface area contributed by atoms with Gasteiger partial charge in [-0.25, -0.2) is 4.98 Å². The topological polar surface area (TPSA) is 72.9 Å². The lowest BCUT2D eigenvalue weighted by Crippen LogP contribution is -2.52. The van der Waals surface area contributed by atoms with Crippen LogP contribution in [0.1, 0.15) is 32.1 Å². The predicted octanol–water partition coefficient (Wildman–Crippen LogP) is 1.76. The average Bonchev–Trinajstić information content (AvgIpc) is 2.74. The summed E-state index contributed by atoms with van der Waals surface area (Å²) in [4.78, 5) is 16.2. The number of nitrogens with one attached hydrogen (secondary N) is 1. The van der Waals surface area contributed by atoms with Gasteiger partial charge in [-0.2, -0.15) is 0 Å². The fourth-order valence-corrected chi connectivity index (χ4v) is 2.73. The van der Waals surface area contributed by atoms with Crippen molar-refractivity contribution < 1.29 is 4.79 Å². The number of primary amides is 1. The zero-order valence-corrected chi connectivity index (χ0v) is 12.5. The SMILES string of the molecule is CNC(C)(CC(C)n1c(C)nc2ccccc21)C(N)=O. The van der Waals surface area contributed by atoms with Gasteiger partial charge in [-0.3, -0.25) is 4.79 Å². The van der Waals surface area contributed by atoms with Gasteiger partial charge in [0.15, 0.2) is 0 Å². The number of likely N-dealkylation sites (N-methyl/N-ethyl adjacent to an activating group) is 1. The first-order valence-corrected chi connectivity index (χ1v) is 6.81. The maximum atomic E-state index is 11.6.